The zero-order chi connectivity index (χ0) is 24.5. The molecule has 0 saturated heterocycles. The first kappa shape index (κ1) is 23.2. The summed E-state index contributed by atoms with van der Waals surface area (Å²) in [6.07, 6.45) is 0. The molecule has 8 nitrogen and oxygen atoms in total. The summed E-state index contributed by atoms with van der Waals surface area (Å²) in [5.74, 6) is 1.55. The van der Waals surface area contributed by atoms with Crippen molar-refractivity contribution in [2.24, 2.45) is 0 Å². The predicted molar refractivity (Wildman–Crippen MR) is 127 cm³/mol. The summed E-state index contributed by atoms with van der Waals surface area (Å²) < 4.78 is 51.7. The zero-order valence-corrected chi connectivity index (χ0v) is 19.8. The Labute approximate surface area is 196 Å². The van der Waals surface area contributed by atoms with E-state index in [1.165, 1.54) is 57.7 Å². The van der Waals surface area contributed by atoms with Gasteiger partial charge in [-0.3, -0.25) is 0 Å². The van der Waals surface area contributed by atoms with Gasteiger partial charge in [-0.05, 0) is 66.6 Å². The summed E-state index contributed by atoms with van der Waals surface area (Å²) in [5.41, 5.74) is 1.27. The molecule has 1 aromatic heterocycles. The number of hydrogen-bond acceptors (Lipinski definition) is 8. The SMILES string of the molecule is COc1ccc(S(=O)(=O)Oc2ccc3c(C)c(-c4ccc(OC)c(OC)c4)c(=O)oc3c2)cc1. The third-order valence-corrected chi connectivity index (χ3v) is 6.63. The molecule has 0 amide bonds. The van der Waals surface area contributed by atoms with Crippen LogP contribution >= 0.6 is 0 Å². The molecule has 34 heavy (non-hydrogen) atoms. The van der Waals surface area contributed by atoms with Gasteiger partial charge < -0.3 is 22.8 Å². The third-order valence-electron chi connectivity index (χ3n) is 5.37. The number of rotatable bonds is 7. The molecule has 4 aromatic rings. The van der Waals surface area contributed by atoms with E-state index in [-0.39, 0.29) is 16.2 Å². The highest BCUT2D eigenvalue weighted by molar-refractivity contribution is 7.87. The normalized spacial score (nSPS) is 11.3. The molecule has 0 aliphatic carbocycles. The van der Waals surface area contributed by atoms with E-state index in [0.29, 0.717) is 39.3 Å². The minimum atomic E-state index is -4.09. The van der Waals surface area contributed by atoms with Gasteiger partial charge in [0.2, 0.25) is 0 Å². The van der Waals surface area contributed by atoms with Crippen molar-refractivity contribution in [2.75, 3.05) is 21.3 Å². The van der Waals surface area contributed by atoms with E-state index in [0.717, 1.165) is 0 Å². The summed E-state index contributed by atoms with van der Waals surface area (Å²) in [6, 6.07) is 15.5. The lowest BCUT2D eigenvalue weighted by Gasteiger charge is -2.12. The number of hydrogen-bond donors (Lipinski definition) is 0. The van der Waals surface area contributed by atoms with Crippen LogP contribution in [0.2, 0.25) is 0 Å². The van der Waals surface area contributed by atoms with Gasteiger partial charge in [0.1, 0.15) is 22.0 Å². The number of aryl methyl sites for hydroxylation is 1. The van der Waals surface area contributed by atoms with Crippen molar-refractivity contribution in [1.82, 2.24) is 0 Å². The molecular formula is C25H22O8S. The van der Waals surface area contributed by atoms with E-state index >= 15 is 0 Å². The van der Waals surface area contributed by atoms with Gasteiger partial charge in [-0.25, -0.2) is 4.79 Å². The van der Waals surface area contributed by atoms with Crippen LogP contribution in [0.1, 0.15) is 5.56 Å². The summed E-state index contributed by atoms with van der Waals surface area (Å²) in [4.78, 5) is 12.8. The largest absolute Gasteiger partial charge is 0.497 e. The van der Waals surface area contributed by atoms with Crippen LogP contribution in [0.5, 0.6) is 23.0 Å². The van der Waals surface area contributed by atoms with Crippen LogP contribution in [0, 0.1) is 6.92 Å². The monoisotopic (exact) mass is 482 g/mol. The Morgan fingerprint density at radius 3 is 2.09 bits per heavy atom. The lowest BCUT2D eigenvalue weighted by molar-refractivity contribution is 0.355. The third kappa shape index (κ3) is 4.29. The Hall–Kier alpha value is -3.98. The van der Waals surface area contributed by atoms with Gasteiger partial charge in [0.25, 0.3) is 0 Å². The molecule has 9 heteroatoms. The molecule has 0 fully saturated rings. The van der Waals surface area contributed by atoms with Crippen molar-refractivity contribution in [3.8, 4) is 34.1 Å². The number of methoxy groups -OCH3 is 3. The van der Waals surface area contributed by atoms with Crippen molar-refractivity contribution in [2.45, 2.75) is 11.8 Å². The van der Waals surface area contributed by atoms with Crippen LogP contribution in [0.15, 0.2) is 74.8 Å². The highest BCUT2D eigenvalue weighted by Gasteiger charge is 2.19. The number of ether oxygens (including phenoxy) is 3. The summed E-state index contributed by atoms with van der Waals surface area (Å²) in [6.45, 7) is 1.79. The second-order valence-corrected chi connectivity index (χ2v) is 8.88. The van der Waals surface area contributed by atoms with Crippen LogP contribution in [0.4, 0.5) is 0 Å². The molecule has 0 radical (unpaired) electrons. The Kier molecular flexibility index (Phi) is 6.21. The maximum Gasteiger partial charge on any atom is 0.344 e. The summed E-state index contributed by atoms with van der Waals surface area (Å²) in [5, 5.41) is 0.638. The Morgan fingerprint density at radius 1 is 0.765 bits per heavy atom. The first-order chi connectivity index (χ1) is 16.3. The topological polar surface area (TPSA) is 101 Å². The summed E-state index contributed by atoms with van der Waals surface area (Å²) in [7, 11) is 0.436. The first-order valence-electron chi connectivity index (χ1n) is 10.2. The van der Waals surface area contributed by atoms with Crippen LogP contribution in [0.3, 0.4) is 0 Å². The van der Waals surface area contributed by atoms with E-state index in [4.69, 9.17) is 22.8 Å². The molecular weight excluding hydrogens is 460 g/mol. The lowest BCUT2D eigenvalue weighted by atomic mass is 9.99. The minimum Gasteiger partial charge on any atom is -0.497 e. The highest BCUT2D eigenvalue weighted by atomic mass is 32.2. The van der Waals surface area contributed by atoms with E-state index in [1.54, 1.807) is 31.2 Å². The average molecular weight is 483 g/mol. The van der Waals surface area contributed by atoms with Gasteiger partial charge in [0.15, 0.2) is 11.5 Å². The predicted octanol–water partition coefficient (Wildman–Crippen LogP) is 4.56. The molecule has 4 rings (SSSR count). The first-order valence-corrected chi connectivity index (χ1v) is 11.6. The number of fused-ring (bicyclic) bond motifs is 1. The van der Waals surface area contributed by atoms with Gasteiger partial charge in [0, 0.05) is 11.5 Å². The zero-order valence-electron chi connectivity index (χ0n) is 18.9. The maximum atomic E-state index is 12.9. The fourth-order valence-electron chi connectivity index (χ4n) is 3.63. The van der Waals surface area contributed by atoms with Crippen molar-refractivity contribution >= 4 is 21.1 Å². The molecule has 176 valence electrons. The summed E-state index contributed by atoms with van der Waals surface area (Å²) >= 11 is 0. The van der Waals surface area contributed by atoms with Gasteiger partial charge in [-0.1, -0.05) is 6.07 Å². The highest BCUT2D eigenvalue weighted by Crippen LogP contribution is 2.35. The van der Waals surface area contributed by atoms with Crippen molar-refractivity contribution < 1.29 is 31.2 Å². The Bertz CT molecular complexity index is 1520. The second kappa shape index (κ2) is 9.11. The Morgan fingerprint density at radius 2 is 1.44 bits per heavy atom. The van der Waals surface area contributed by atoms with Crippen LogP contribution in [0.25, 0.3) is 22.1 Å². The van der Waals surface area contributed by atoms with Crippen LogP contribution < -0.4 is 24.0 Å². The quantitative estimate of drug-likeness (QED) is 0.279. The van der Waals surface area contributed by atoms with Crippen molar-refractivity contribution in [3.63, 3.8) is 0 Å². The van der Waals surface area contributed by atoms with Crippen LogP contribution in [-0.4, -0.2) is 29.7 Å². The molecule has 1 heterocycles. The average Bonchev–Trinajstić information content (AvgIpc) is 2.83. The molecule has 0 unspecified atom stereocenters. The van der Waals surface area contributed by atoms with E-state index in [1.807, 2.05) is 0 Å². The van der Waals surface area contributed by atoms with Gasteiger partial charge in [-0.2, -0.15) is 8.42 Å². The van der Waals surface area contributed by atoms with E-state index in [2.05, 4.69) is 0 Å². The maximum absolute atomic E-state index is 12.9. The van der Waals surface area contributed by atoms with Crippen molar-refractivity contribution in [1.29, 1.82) is 0 Å². The molecule has 0 saturated carbocycles. The molecule has 0 aliphatic heterocycles. The van der Waals surface area contributed by atoms with Gasteiger partial charge >= 0.3 is 15.7 Å². The lowest BCUT2D eigenvalue weighted by Crippen LogP contribution is -2.10. The molecule has 0 atom stereocenters. The van der Waals surface area contributed by atoms with Crippen LogP contribution in [-0.2, 0) is 10.1 Å². The fourth-order valence-corrected chi connectivity index (χ4v) is 4.55. The van der Waals surface area contributed by atoms with Crippen molar-refractivity contribution in [3.05, 3.63) is 76.6 Å². The standard InChI is InChI=1S/C25H22O8S/c1-15-20-11-8-18(33-34(27,28)19-9-6-17(29-2)7-10-19)14-22(20)32-25(26)24(15)16-5-12-21(30-3)23(13-16)31-4/h5-14H,1-4H3. The molecule has 3 aromatic carbocycles. The fraction of sp³-hybridized carbons (Fsp3) is 0.160. The minimum absolute atomic E-state index is 0.0183. The second-order valence-electron chi connectivity index (χ2n) is 7.33. The smallest absolute Gasteiger partial charge is 0.344 e. The molecule has 0 bridgehead atoms. The van der Waals surface area contributed by atoms with Gasteiger partial charge in [-0.15, -0.1) is 0 Å². The molecule has 0 aliphatic rings. The molecule has 0 N–H and O–H groups in total. The Balaban J connectivity index is 1.73. The van der Waals surface area contributed by atoms with Gasteiger partial charge in [0.05, 0.1) is 26.9 Å². The molecule has 0 spiro atoms. The van der Waals surface area contributed by atoms with E-state index < -0.39 is 15.7 Å². The number of benzene rings is 3. The van der Waals surface area contributed by atoms with E-state index in [9.17, 15) is 13.2 Å².